The molecule has 1 amide bonds. The van der Waals surface area contributed by atoms with Crippen LogP contribution in [0.2, 0.25) is 0 Å². The number of amides is 1. The molecule has 0 aliphatic rings. The molecular formula is C15H28N4O. The number of hydrogen-bond donors (Lipinski definition) is 2. The second-order valence-electron chi connectivity index (χ2n) is 6.51. The largest absolute Gasteiger partial charge is 0.349 e. The summed E-state index contributed by atoms with van der Waals surface area (Å²) in [6.45, 7) is 10.9. The quantitative estimate of drug-likeness (QED) is 0.836. The molecule has 0 aromatic carbocycles. The second kappa shape index (κ2) is 6.39. The van der Waals surface area contributed by atoms with E-state index in [-0.39, 0.29) is 17.4 Å². The summed E-state index contributed by atoms with van der Waals surface area (Å²) in [7, 11) is 0. The van der Waals surface area contributed by atoms with Crippen molar-refractivity contribution in [3.8, 4) is 0 Å². The maximum absolute atomic E-state index is 12.5. The Morgan fingerprint density at radius 2 is 1.95 bits per heavy atom. The molecule has 0 aliphatic heterocycles. The van der Waals surface area contributed by atoms with Crippen molar-refractivity contribution < 1.29 is 4.79 Å². The number of imidazole rings is 1. The van der Waals surface area contributed by atoms with Crippen LogP contribution in [-0.2, 0) is 11.3 Å². The van der Waals surface area contributed by atoms with E-state index in [4.69, 9.17) is 5.73 Å². The number of nitrogens with two attached hydrogens (primary N) is 1. The third-order valence-corrected chi connectivity index (χ3v) is 4.02. The van der Waals surface area contributed by atoms with Crippen molar-refractivity contribution in [2.24, 2.45) is 11.1 Å². The highest BCUT2D eigenvalue weighted by Crippen LogP contribution is 2.22. The number of carbonyl (C=O) groups excluding carboxylic acids is 1. The Balaban J connectivity index is 2.83. The van der Waals surface area contributed by atoms with Crippen LogP contribution in [-0.4, -0.2) is 27.0 Å². The molecule has 3 N–H and O–H groups in total. The van der Waals surface area contributed by atoms with E-state index in [0.717, 1.165) is 0 Å². The number of aromatic nitrogens is 2. The summed E-state index contributed by atoms with van der Waals surface area (Å²) in [5, 5.41) is 3.13. The van der Waals surface area contributed by atoms with E-state index in [1.807, 2.05) is 24.6 Å². The zero-order chi connectivity index (χ0) is 15.4. The summed E-state index contributed by atoms with van der Waals surface area (Å²) in [6, 6.07) is 0.00484. The van der Waals surface area contributed by atoms with Gasteiger partial charge in [-0.05, 0) is 18.3 Å². The monoisotopic (exact) mass is 280 g/mol. The maximum atomic E-state index is 12.5. The predicted molar refractivity (Wildman–Crippen MR) is 81.1 cm³/mol. The van der Waals surface area contributed by atoms with Gasteiger partial charge in [0.15, 0.2) is 0 Å². The van der Waals surface area contributed by atoms with Gasteiger partial charge in [-0.25, -0.2) is 4.98 Å². The zero-order valence-corrected chi connectivity index (χ0v) is 13.3. The minimum Gasteiger partial charge on any atom is -0.349 e. The van der Waals surface area contributed by atoms with E-state index in [1.54, 1.807) is 12.5 Å². The van der Waals surface area contributed by atoms with Crippen molar-refractivity contribution in [1.82, 2.24) is 14.9 Å². The molecule has 1 atom stereocenters. The topological polar surface area (TPSA) is 72.9 Å². The van der Waals surface area contributed by atoms with E-state index >= 15 is 0 Å². The average Bonchev–Trinajstić information content (AvgIpc) is 2.88. The number of nitrogens with one attached hydrogen (secondary N) is 1. The van der Waals surface area contributed by atoms with Crippen molar-refractivity contribution in [1.29, 1.82) is 0 Å². The normalized spacial score (nSPS) is 14.1. The number of carbonyl (C=O) groups is 1. The molecule has 0 saturated carbocycles. The fraction of sp³-hybridized carbons (Fsp3) is 0.733. The molecular weight excluding hydrogens is 252 g/mol. The highest BCUT2D eigenvalue weighted by atomic mass is 16.2. The molecule has 0 bridgehead atoms. The van der Waals surface area contributed by atoms with Crippen LogP contribution in [0.15, 0.2) is 18.7 Å². The van der Waals surface area contributed by atoms with Gasteiger partial charge in [-0.3, -0.25) is 4.79 Å². The van der Waals surface area contributed by atoms with Crippen molar-refractivity contribution in [2.75, 3.05) is 0 Å². The third-order valence-electron chi connectivity index (χ3n) is 4.02. The van der Waals surface area contributed by atoms with Crippen molar-refractivity contribution in [3.05, 3.63) is 18.7 Å². The predicted octanol–water partition coefficient (Wildman–Crippen LogP) is 1.93. The first-order valence-corrected chi connectivity index (χ1v) is 7.28. The summed E-state index contributed by atoms with van der Waals surface area (Å²) in [6.07, 6.45) is 6.68. The molecule has 114 valence electrons. The minimum atomic E-state index is -0.779. The Kier molecular flexibility index (Phi) is 5.34. The van der Waals surface area contributed by atoms with E-state index < -0.39 is 5.54 Å². The van der Waals surface area contributed by atoms with E-state index in [9.17, 15) is 4.79 Å². The van der Waals surface area contributed by atoms with Gasteiger partial charge in [0.05, 0.1) is 17.9 Å². The van der Waals surface area contributed by atoms with Gasteiger partial charge in [0.1, 0.15) is 0 Å². The van der Waals surface area contributed by atoms with Crippen LogP contribution >= 0.6 is 0 Å². The molecule has 0 aliphatic carbocycles. The molecule has 0 saturated heterocycles. The van der Waals surface area contributed by atoms with Gasteiger partial charge in [-0.2, -0.15) is 0 Å². The van der Waals surface area contributed by atoms with Crippen LogP contribution in [0.25, 0.3) is 0 Å². The molecule has 0 spiro atoms. The molecule has 1 heterocycles. The number of rotatable bonds is 6. The van der Waals surface area contributed by atoms with Gasteiger partial charge in [0, 0.05) is 18.9 Å². The van der Waals surface area contributed by atoms with Crippen LogP contribution in [0.3, 0.4) is 0 Å². The first kappa shape index (κ1) is 16.7. The van der Waals surface area contributed by atoms with Crippen LogP contribution in [0.4, 0.5) is 0 Å². The fourth-order valence-corrected chi connectivity index (χ4v) is 2.01. The summed E-state index contributed by atoms with van der Waals surface area (Å²) in [5.41, 5.74) is 5.34. The molecule has 20 heavy (non-hydrogen) atoms. The standard InChI is InChI=1S/C15H28N4O/c1-6-15(16,7-2)13(20)18-12(14(3,4)5)10-19-9-8-17-11-19/h8-9,11-12H,6-7,10,16H2,1-5H3,(H,18,20). The molecule has 5 nitrogen and oxygen atoms in total. The molecule has 1 aromatic rings. The molecule has 5 heteroatoms. The van der Waals surface area contributed by atoms with E-state index in [1.165, 1.54) is 0 Å². The first-order chi connectivity index (χ1) is 9.23. The molecule has 1 aromatic heterocycles. The SMILES string of the molecule is CCC(N)(CC)C(=O)NC(Cn1ccnc1)C(C)(C)C. The van der Waals surface area contributed by atoms with Crippen LogP contribution in [0.5, 0.6) is 0 Å². The van der Waals surface area contributed by atoms with E-state index in [0.29, 0.717) is 19.4 Å². The lowest BCUT2D eigenvalue weighted by Crippen LogP contribution is -2.58. The smallest absolute Gasteiger partial charge is 0.240 e. The van der Waals surface area contributed by atoms with Gasteiger partial charge < -0.3 is 15.6 Å². The van der Waals surface area contributed by atoms with Crippen LogP contribution < -0.4 is 11.1 Å². The summed E-state index contributed by atoms with van der Waals surface area (Å²) in [5.74, 6) is -0.0671. The number of hydrogen-bond acceptors (Lipinski definition) is 3. The van der Waals surface area contributed by atoms with Crippen LogP contribution in [0.1, 0.15) is 47.5 Å². The van der Waals surface area contributed by atoms with Crippen LogP contribution in [0, 0.1) is 5.41 Å². The lowest BCUT2D eigenvalue weighted by Gasteiger charge is -2.35. The second-order valence-corrected chi connectivity index (χ2v) is 6.51. The Morgan fingerprint density at radius 3 is 2.35 bits per heavy atom. The summed E-state index contributed by atoms with van der Waals surface area (Å²) >= 11 is 0. The van der Waals surface area contributed by atoms with Gasteiger partial charge >= 0.3 is 0 Å². The van der Waals surface area contributed by atoms with Gasteiger partial charge in [0.2, 0.25) is 5.91 Å². The van der Waals surface area contributed by atoms with Crippen molar-refractivity contribution in [2.45, 2.75) is 65.6 Å². The maximum Gasteiger partial charge on any atom is 0.240 e. The highest BCUT2D eigenvalue weighted by molar-refractivity contribution is 5.86. The van der Waals surface area contributed by atoms with E-state index in [2.05, 4.69) is 31.1 Å². The highest BCUT2D eigenvalue weighted by Gasteiger charge is 2.34. The summed E-state index contributed by atoms with van der Waals surface area (Å²) < 4.78 is 1.98. The molecule has 0 fully saturated rings. The lowest BCUT2D eigenvalue weighted by atomic mass is 9.85. The Hall–Kier alpha value is -1.36. The van der Waals surface area contributed by atoms with Gasteiger partial charge in [-0.15, -0.1) is 0 Å². The fourth-order valence-electron chi connectivity index (χ4n) is 2.01. The molecule has 1 rings (SSSR count). The van der Waals surface area contributed by atoms with Crippen molar-refractivity contribution >= 4 is 5.91 Å². The van der Waals surface area contributed by atoms with Crippen molar-refractivity contribution in [3.63, 3.8) is 0 Å². The van der Waals surface area contributed by atoms with Gasteiger partial charge in [0.25, 0.3) is 0 Å². The Bertz CT molecular complexity index is 416. The Morgan fingerprint density at radius 1 is 1.35 bits per heavy atom. The average molecular weight is 280 g/mol. The summed E-state index contributed by atoms with van der Waals surface area (Å²) in [4.78, 5) is 16.5. The molecule has 1 unspecified atom stereocenters. The molecule has 0 radical (unpaired) electrons. The minimum absolute atomic E-state index is 0.00484. The third kappa shape index (κ3) is 4.07. The lowest BCUT2D eigenvalue weighted by molar-refractivity contribution is -0.128. The zero-order valence-electron chi connectivity index (χ0n) is 13.3. The number of nitrogens with zero attached hydrogens (tertiary/aromatic N) is 2. The first-order valence-electron chi connectivity index (χ1n) is 7.28. The Labute approximate surface area is 122 Å². The van der Waals surface area contributed by atoms with Gasteiger partial charge in [-0.1, -0.05) is 34.6 Å².